The highest BCUT2D eigenvalue weighted by molar-refractivity contribution is 6.05. The summed E-state index contributed by atoms with van der Waals surface area (Å²) in [5, 5.41) is 8.30. The number of nitrogens with zero attached hydrogens (tertiary/aromatic N) is 4. The number of ether oxygens (including phenoxy) is 3. The lowest BCUT2D eigenvalue weighted by Gasteiger charge is -2.22. The van der Waals surface area contributed by atoms with Gasteiger partial charge < -0.3 is 23.7 Å². The minimum absolute atomic E-state index is 0.0858. The summed E-state index contributed by atoms with van der Waals surface area (Å²) in [5.74, 6) is 0.607. The lowest BCUT2D eigenvalue weighted by Crippen LogP contribution is -2.24. The van der Waals surface area contributed by atoms with Gasteiger partial charge in [-0.15, -0.1) is 0 Å². The molecule has 8 nitrogen and oxygen atoms in total. The lowest BCUT2D eigenvalue weighted by atomic mass is 9.97. The van der Waals surface area contributed by atoms with Crippen molar-refractivity contribution in [3.8, 4) is 16.9 Å². The minimum Gasteiger partial charge on any atom is -0.493 e. The molecule has 0 N–H and O–H groups in total. The molecule has 0 atom stereocenters. The molecular weight excluding hydrogens is 564 g/mol. The molecule has 0 fully saturated rings. The smallest absolute Gasteiger partial charge is 0.355 e. The maximum absolute atomic E-state index is 13.7. The van der Waals surface area contributed by atoms with Crippen LogP contribution in [0.2, 0.25) is 0 Å². The van der Waals surface area contributed by atoms with Crippen molar-refractivity contribution < 1.29 is 19.0 Å². The first kappa shape index (κ1) is 30.9. The average Bonchev–Trinajstić information content (AvgIpc) is 3.51. The van der Waals surface area contributed by atoms with Gasteiger partial charge in [-0.05, 0) is 70.6 Å². The Bertz CT molecular complexity index is 1810. The fraction of sp³-hybridized carbons (Fsp3) is 0.405. The van der Waals surface area contributed by atoms with Crippen LogP contribution < -0.4 is 4.74 Å². The third-order valence-electron chi connectivity index (χ3n) is 8.64. The van der Waals surface area contributed by atoms with E-state index in [4.69, 9.17) is 19.3 Å². The monoisotopic (exact) mass is 608 g/mol. The van der Waals surface area contributed by atoms with E-state index in [-0.39, 0.29) is 12.1 Å². The maximum atomic E-state index is 13.7. The normalized spacial score (nSPS) is 13.8. The Morgan fingerprint density at radius 2 is 1.76 bits per heavy atom. The van der Waals surface area contributed by atoms with Crippen LogP contribution in [0.1, 0.15) is 61.1 Å². The molecule has 3 aromatic carbocycles. The summed E-state index contributed by atoms with van der Waals surface area (Å²) in [5.41, 5.74) is 6.97. The molecule has 0 saturated heterocycles. The van der Waals surface area contributed by atoms with Crippen molar-refractivity contribution in [1.82, 2.24) is 19.2 Å². The summed E-state index contributed by atoms with van der Waals surface area (Å²) in [6.07, 6.45) is 2.44. The second kappa shape index (κ2) is 13.5. The molecule has 45 heavy (non-hydrogen) atoms. The number of rotatable bonds is 10. The molecule has 0 aliphatic carbocycles. The Morgan fingerprint density at radius 3 is 2.58 bits per heavy atom. The Kier molecular flexibility index (Phi) is 9.24. The van der Waals surface area contributed by atoms with E-state index in [1.54, 1.807) is 0 Å². The van der Waals surface area contributed by atoms with E-state index < -0.39 is 0 Å². The van der Waals surface area contributed by atoms with Crippen molar-refractivity contribution in [2.75, 3.05) is 26.8 Å². The van der Waals surface area contributed by atoms with Crippen molar-refractivity contribution in [2.24, 2.45) is 7.05 Å². The third-order valence-corrected chi connectivity index (χ3v) is 8.64. The molecule has 8 heteroatoms. The number of fused-ring (bicyclic) bond motifs is 3. The Hall–Kier alpha value is -4.14. The molecule has 1 aliphatic rings. The molecule has 1 aliphatic heterocycles. The molecule has 2 aromatic heterocycles. The van der Waals surface area contributed by atoms with Crippen molar-refractivity contribution in [3.05, 3.63) is 83.3 Å². The number of hydrogen-bond donors (Lipinski definition) is 0. The van der Waals surface area contributed by atoms with Crippen LogP contribution in [-0.2, 0) is 42.6 Å². The van der Waals surface area contributed by atoms with Crippen LogP contribution in [0.4, 0.5) is 0 Å². The van der Waals surface area contributed by atoms with Gasteiger partial charge in [0.25, 0.3) is 0 Å². The molecule has 0 bridgehead atoms. The third kappa shape index (κ3) is 6.22. The van der Waals surface area contributed by atoms with Crippen LogP contribution in [-0.4, -0.2) is 58.1 Å². The highest BCUT2D eigenvalue weighted by Crippen LogP contribution is 2.40. The molecule has 6 rings (SSSR count). The number of carbonyl (C=O) groups excluding carboxylic acids is 1. The standard InChI is InChI=1S/C37H44N4O4/c1-6-43-37(42)36-29(18-11-22-44-33-19-9-14-26-13-7-8-15-27(26)33)28-16-10-17-30-34-31(24-45-25(2)3)38-40(5)32(34)23-39(4)20-12-21-41(36)35(28)30/h7-10,13-17,19,25H,6,11-12,18,20-24H2,1-5H3. The quantitative estimate of drug-likeness (QED) is 0.124. The molecule has 0 radical (unpaired) electrons. The maximum Gasteiger partial charge on any atom is 0.355 e. The first-order valence-corrected chi connectivity index (χ1v) is 16.1. The van der Waals surface area contributed by atoms with Crippen molar-refractivity contribution >= 4 is 27.6 Å². The number of hydrogen-bond acceptors (Lipinski definition) is 6. The predicted molar refractivity (Wildman–Crippen MR) is 179 cm³/mol. The zero-order valence-electron chi connectivity index (χ0n) is 27.1. The van der Waals surface area contributed by atoms with Crippen molar-refractivity contribution in [2.45, 2.75) is 65.8 Å². The first-order chi connectivity index (χ1) is 21.9. The van der Waals surface area contributed by atoms with Gasteiger partial charge in [-0.25, -0.2) is 4.79 Å². The summed E-state index contributed by atoms with van der Waals surface area (Å²) in [7, 11) is 4.16. The van der Waals surface area contributed by atoms with Gasteiger partial charge in [0, 0.05) is 42.0 Å². The van der Waals surface area contributed by atoms with Crippen LogP contribution >= 0.6 is 0 Å². The summed E-state index contributed by atoms with van der Waals surface area (Å²) < 4.78 is 22.3. The van der Waals surface area contributed by atoms with Gasteiger partial charge in [0.05, 0.1) is 42.8 Å². The van der Waals surface area contributed by atoms with E-state index in [2.05, 4.69) is 52.9 Å². The van der Waals surface area contributed by atoms with Gasteiger partial charge >= 0.3 is 5.97 Å². The van der Waals surface area contributed by atoms with Crippen LogP contribution in [0.5, 0.6) is 5.75 Å². The Morgan fingerprint density at radius 1 is 0.978 bits per heavy atom. The van der Waals surface area contributed by atoms with E-state index in [0.717, 1.165) is 81.4 Å². The summed E-state index contributed by atoms with van der Waals surface area (Å²) in [6.45, 7) is 9.62. The fourth-order valence-electron chi connectivity index (χ4n) is 6.64. The van der Waals surface area contributed by atoms with Gasteiger partial charge in [0.1, 0.15) is 11.4 Å². The van der Waals surface area contributed by atoms with Crippen molar-refractivity contribution in [3.63, 3.8) is 0 Å². The minimum atomic E-state index is -0.273. The summed E-state index contributed by atoms with van der Waals surface area (Å²) in [4.78, 5) is 16.1. The van der Waals surface area contributed by atoms with E-state index in [9.17, 15) is 4.79 Å². The van der Waals surface area contributed by atoms with Gasteiger partial charge in [0.2, 0.25) is 0 Å². The van der Waals surface area contributed by atoms with E-state index in [1.807, 2.05) is 56.8 Å². The number of esters is 1. The molecule has 0 amide bonds. The first-order valence-electron chi connectivity index (χ1n) is 16.1. The highest BCUT2D eigenvalue weighted by Gasteiger charge is 2.29. The van der Waals surface area contributed by atoms with E-state index >= 15 is 0 Å². The van der Waals surface area contributed by atoms with Crippen LogP contribution in [0.3, 0.4) is 0 Å². The number of carbonyl (C=O) groups is 1. The van der Waals surface area contributed by atoms with Gasteiger partial charge in [-0.1, -0.05) is 54.6 Å². The fourth-order valence-corrected chi connectivity index (χ4v) is 6.64. The lowest BCUT2D eigenvalue weighted by molar-refractivity contribution is 0.0512. The second-order valence-corrected chi connectivity index (χ2v) is 12.2. The predicted octanol–water partition coefficient (Wildman–Crippen LogP) is 7.14. The van der Waals surface area contributed by atoms with E-state index in [1.165, 1.54) is 0 Å². The Labute approximate surface area is 265 Å². The molecule has 0 saturated carbocycles. The van der Waals surface area contributed by atoms with Crippen LogP contribution in [0.25, 0.3) is 32.8 Å². The van der Waals surface area contributed by atoms with Gasteiger partial charge in [0.15, 0.2) is 0 Å². The zero-order chi connectivity index (χ0) is 31.5. The Balaban J connectivity index is 1.44. The highest BCUT2D eigenvalue weighted by atomic mass is 16.5. The summed E-state index contributed by atoms with van der Waals surface area (Å²) >= 11 is 0. The van der Waals surface area contributed by atoms with Crippen molar-refractivity contribution in [1.29, 1.82) is 0 Å². The molecule has 5 aromatic rings. The SMILES string of the molecule is CCOC(=O)c1c(CCCOc2cccc3ccccc23)c2cccc3c2n1CCCN(C)Cc1c-3c(COC(C)C)nn1C. The van der Waals surface area contributed by atoms with Crippen LogP contribution in [0.15, 0.2) is 60.7 Å². The van der Waals surface area contributed by atoms with E-state index in [0.29, 0.717) is 38.5 Å². The van der Waals surface area contributed by atoms with Crippen LogP contribution in [0, 0.1) is 0 Å². The summed E-state index contributed by atoms with van der Waals surface area (Å²) in [6, 6.07) is 20.9. The number of aryl methyl sites for hydroxylation is 3. The topological polar surface area (TPSA) is 70.8 Å². The zero-order valence-corrected chi connectivity index (χ0v) is 27.1. The average molecular weight is 609 g/mol. The molecule has 3 heterocycles. The molecular formula is C37H44N4O4. The number of aromatic nitrogens is 3. The molecule has 0 spiro atoms. The molecule has 236 valence electrons. The largest absolute Gasteiger partial charge is 0.493 e. The number of benzene rings is 3. The second-order valence-electron chi connectivity index (χ2n) is 12.2. The molecule has 0 unspecified atom stereocenters. The number of para-hydroxylation sites is 1. The van der Waals surface area contributed by atoms with Gasteiger partial charge in [-0.3, -0.25) is 4.68 Å². The van der Waals surface area contributed by atoms with Gasteiger partial charge in [-0.2, -0.15) is 5.10 Å².